The maximum absolute atomic E-state index is 5.46. The Morgan fingerprint density at radius 3 is 2.75 bits per heavy atom. The van der Waals surface area contributed by atoms with Gasteiger partial charge in [0.05, 0.1) is 38.0 Å². The Morgan fingerprint density at radius 2 is 2.00 bits per heavy atom. The number of benzene rings is 1. The van der Waals surface area contributed by atoms with Crippen LogP contribution in [0.4, 0.5) is 0 Å². The van der Waals surface area contributed by atoms with Gasteiger partial charge in [0.15, 0.2) is 11.5 Å². The van der Waals surface area contributed by atoms with Crippen molar-refractivity contribution < 1.29 is 18.9 Å². The van der Waals surface area contributed by atoms with Crippen molar-refractivity contribution in [2.45, 2.75) is 0 Å². The van der Waals surface area contributed by atoms with E-state index in [-0.39, 0.29) is 6.79 Å². The predicted octanol–water partition coefficient (Wildman–Crippen LogP) is 2.08. The van der Waals surface area contributed by atoms with Gasteiger partial charge in [0.2, 0.25) is 12.5 Å². The second-order valence-electron chi connectivity index (χ2n) is 5.00. The number of rotatable bonds is 4. The molecule has 2 aromatic heterocycles. The van der Waals surface area contributed by atoms with Gasteiger partial charge in [0.25, 0.3) is 0 Å². The van der Waals surface area contributed by atoms with Gasteiger partial charge in [-0.15, -0.1) is 5.10 Å². The maximum atomic E-state index is 5.46. The van der Waals surface area contributed by atoms with Crippen molar-refractivity contribution >= 4 is 0 Å². The van der Waals surface area contributed by atoms with E-state index >= 15 is 0 Å². The average molecular weight is 326 g/mol. The minimum Gasteiger partial charge on any atom is -0.495 e. The third kappa shape index (κ3) is 2.28. The summed E-state index contributed by atoms with van der Waals surface area (Å²) >= 11 is 0. The van der Waals surface area contributed by atoms with Crippen LogP contribution >= 0.6 is 0 Å². The predicted molar refractivity (Wildman–Crippen MR) is 83.8 cm³/mol. The fraction of sp³-hybridized carbons (Fsp3) is 0.188. The zero-order chi connectivity index (χ0) is 16.5. The van der Waals surface area contributed by atoms with Gasteiger partial charge in [-0.05, 0) is 12.1 Å². The molecule has 0 atom stereocenters. The quantitative estimate of drug-likeness (QED) is 0.726. The van der Waals surface area contributed by atoms with Crippen LogP contribution in [-0.4, -0.2) is 41.0 Å². The van der Waals surface area contributed by atoms with Gasteiger partial charge in [-0.25, -0.2) is 4.68 Å². The van der Waals surface area contributed by atoms with Crippen molar-refractivity contribution in [2.24, 2.45) is 0 Å². The third-order valence-corrected chi connectivity index (χ3v) is 3.67. The lowest BCUT2D eigenvalue weighted by Crippen LogP contribution is -2.01. The second kappa shape index (κ2) is 5.73. The van der Waals surface area contributed by atoms with Crippen LogP contribution in [0.3, 0.4) is 0 Å². The molecule has 0 fully saturated rings. The third-order valence-electron chi connectivity index (χ3n) is 3.67. The standard InChI is InChI=1S/C16H14N4O4/c1-21-11-3-4-12(17-7-11)13-8-18-19-20(13)10-5-14(22-2)16-15(6-10)23-9-24-16/h3-8H,9H2,1-2H3. The molecule has 0 spiro atoms. The Hall–Kier alpha value is -3.29. The monoisotopic (exact) mass is 326 g/mol. The first-order valence-electron chi connectivity index (χ1n) is 7.19. The molecule has 0 bridgehead atoms. The van der Waals surface area contributed by atoms with Crippen LogP contribution in [0.2, 0.25) is 0 Å². The van der Waals surface area contributed by atoms with E-state index in [1.807, 2.05) is 24.3 Å². The van der Waals surface area contributed by atoms with Crippen LogP contribution in [0.1, 0.15) is 0 Å². The van der Waals surface area contributed by atoms with Crippen molar-refractivity contribution in [1.82, 2.24) is 20.0 Å². The number of nitrogens with zero attached hydrogens (tertiary/aromatic N) is 4. The summed E-state index contributed by atoms with van der Waals surface area (Å²) in [5.74, 6) is 2.45. The molecular formula is C16H14N4O4. The molecule has 8 heteroatoms. The van der Waals surface area contributed by atoms with Crippen LogP contribution in [0, 0.1) is 0 Å². The lowest BCUT2D eigenvalue weighted by Gasteiger charge is -2.10. The van der Waals surface area contributed by atoms with Crippen LogP contribution < -0.4 is 18.9 Å². The van der Waals surface area contributed by atoms with Crippen molar-refractivity contribution in [3.05, 3.63) is 36.7 Å². The van der Waals surface area contributed by atoms with Gasteiger partial charge in [-0.2, -0.15) is 0 Å². The molecule has 122 valence electrons. The highest BCUT2D eigenvalue weighted by molar-refractivity contribution is 5.63. The smallest absolute Gasteiger partial charge is 0.231 e. The highest BCUT2D eigenvalue weighted by Gasteiger charge is 2.22. The Kier molecular flexibility index (Phi) is 3.42. The summed E-state index contributed by atoms with van der Waals surface area (Å²) in [5, 5.41) is 8.15. The van der Waals surface area contributed by atoms with Crippen LogP contribution in [0.5, 0.6) is 23.0 Å². The molecule has 0 aliphatic carbocycles. The van der Waals surface area contributed by atoms with Gasteiger partial charge in [0, 0.05) is 12.1 Å². The molecule has 24 heavy (non-hydrogen) atoms. The number of aromatic nitrogens is 4. The highest BCUT2D eigenvalue weighted by atomic mass is 16.7. The molecule has 0 saturated carbocycles. The normalized spacial score (nSPS) is 12.2. The molecule has 0 saturated heterocycles. The first kappa shape index (κ1) is 14.3. The summed E-state index contributed by atoms with van der Waals surface area (Å²) < 4.78 is 23.0. The fourth-order valence-electron chi connectivity index (χ4n) is 2.49. The first-order valence-corrected chi connectivity index (χ1v) is 7.19. The fourth-order valence-corrected chi connectivity index (χ4v) is 2.49. The Bertz CT molecular complexity index is 876. The van der Waals surface area contributed by atoms with Gasteiger partial charge in [-0.1, -0.05) is 5.21 Å². The summed E-state index contributed by atoms with van der Waals surface area (Å²) in [6.07, 6.45) is 3.29. The zero-order valence-electron chi connectivity index (χ0n) is 13.1. The lowest BCUT2D eigenvalue weighted by molar-refractivity contribution is 0.171. The molecule has 3 heterocycles. The minimum atomic E-state index is 0.166. The van der Waals surface area contributed by atoms with Crippen LogP contribution in [-0.2, 0) is 0 Å². The van der Waals surface area contributed by atoms with E-state index in [1.165, 1.54) is 0 Å². The van der Waals surface area contributed by atoms with E-state index in [2.05, 4.69) is 15.3 Å². The summed E-state index contributed by atoms with van der Waals surface area (Å²) in [7, 11) is 3.18. The number of methoxy groups -OCH3 is 2. The van der Waals surface area contributed by atoms with E-state index in [4.69, 9.17) is 18.9 Å². The lowest BCUT2D eigenvalue weighted by atomic mass is 10.2. The van der Waals surface area contributed by atoms with E-state index in [9.17, 15) is 0 Å². The molecule has 1 aromatic carbocycles. The Labute approximate surface area is 137 Å². The molecule has 0 radical (unpaired) electrons. The Morgan fingerprint density at radius 1 is 1.08 bits per heavy atom. The molecule has 0 amide bonds. The van der Waals surface area contributed by atoms with Crippen LogP contribution in [0.25, 0.3) is 17.1 Å². The number of ether oxygens (including phenoxy) is 4. The molecule has 4 rings (SSSR count). The SMILES string of the molecule is COc1ccc(-c2cnnn2-c2cc(OC)c3c(c2)OCO3)nc1. The molecule has 1 aliphatic heterocycles. The van der Waals surface area contributed by atoms with E-state index < -0.39 is 0 Å². The largest absolute Gasteiger partial charge is 0.495 e. The van der Waals surface area contributed by atoms with E-state index in [0.29, 0.717) is 23.0 Å². The van der Waals surface area contributed by atoms with Crippen molar-refractivity contribution in [3.63, 3.8) is 0 Å². The molecular weight excluding hydrogens is 312 g/mol. The first-order chi connectivity index (χ1) is 11.8. The second-order valence-corrected chi connectivity index (χ2v) is 5.00. The molecule has 3 aromatic rings. The van der Waals surface area contributed by atoms with Gasteiger partial charge in [-0.3, -0.25) is 4.98 Å². The molecule has 8 nitrogen and oxygen atoms in total. The number of hydrogen-bond acceptors (Lipinski definition) is 7. The number of pyridine rings is 1. The van der Waals surface area contributed by atoms with Crippen molar-refractivity contribution in [1.29, 1.82) is 0 Å². The van der Waals surface area contributed by atoms with E-state index in [0.717, 1.165) is 17.1 Å². The average Bonchev–Trinajstić information content (AvgIpc) is 3.29. The van der Waals surface area contributed by atoms with Gasteiger partial charge in [0.1, 0.15) is 11.4 Å². The molecule has 0 N–H and O–H groups in total. The molecule has 0 unspecified atom stereocenters. The van der Waals surface area contributed by atoms with Gasteiger partial charge < -0.3 is 18.9 Å². The topological polar surface area (TPSA) is 80.5 Å². The summed E-state index contributed by atoms with van der Waals surface area (Å²) in [6.45, 7) is 0.166. The van der Waals surface area contributed by atoms with Crippen LogP contribution in [0.15, 0.2) is 36.7 Å². The maximum Gasteiger partial charge on any atom is 0.231 e. The summed E-state index contributed by atoms with van der Waals surface area (Å²) in [5.41, 5.74) is 2.19. The van der Waals surface area contributed by atoms with Crippen molar-refractivity contribution in [2.75, 3.05) is 21.0 Å². The summed E-state index contributed by atoms with van der Waals surface area (Å²) in [6, 6.07) is 7.32. The number of hydrogen-bond donors (Lipinski definition) is 0. The zero-order valence-corrected chi connectivity index (χ0v) is 13.1. The molecule has 1 aliphatic rings. The minimum absolute atomic E-state index is 0.166. The van der Waals surface area contributed by atoms with E-state index in [1.54, 1.807) is 31.3 Å². The number of fused-ring (bicyclic) bond motifs is 1. The highest BCUT2D eigenvalue weighted by Crippen LogP contribution is 2.43. The van der Waals surface area contributed by atoms with Gasteiger partial charge >= 0.3 is 0 Å². The summed E-state index contributed by atoms with van der Waals surface area (Å²) in [4.78, 5) is 4.38. The van der Waals surface area contributed by atoms with Crippen molar-refractivity contribution in [3.8, 4) is 40.1 Å². The Balaban J connectivity index is 1.80.